The van der Waals surface area contributed by atoms with Gasteiger partial charge in [-0.2, -0.15) is 9.90 Å². The van der Waals surface area contributed by atoms with Crippen molar-refractivity contribution in [3.8, 4) is 11.1 Å². The van der Waals surface area contributed by atoms with Gasteiger partial charge in [0, 0.05) is 24.1 Å². The molecule has 2 aromatic heterocycles. The monoisotopic (exact) mass is 367 g/mol. The SMILES string of the molecule is Cn1ncc(NC(=O)Cn2ccc3cc(-c4ccc(F)c(F)c4)ccc32)n1. The number of halogens is 2. The lowest BCUT2D eigenvalue weighted by atomic mass is 10.0. The Morgan fingerprint density at radius 2 is 1.85 bits per heavy atom. The first-order valence-corrected chi connectivity index (χ1v) is 8.20. The average molecular weight is 367 g/mol. The van der Waals surface area contributed by atoms with E-state index in [2.05, 4.69) is 15.5 Å². The summed E-state index contributed by atoms with van der Waals surface area (Å²) in [6.07, 6.45) is 3.27. The molecule has 1 N–H and O–H groups in total. The first kappa shape index (κ1) is 16.9. The number of carbonyl (C=O) groups excluding carboxylic acids is 1. The predicted molar refractivity (Wildman–Crippen MR) is 96.9 cm³/mol. The average Bonchev–Trinajstić information content (AvgIpc) is 3.23. The number of rotatable bonds is 4. The van der Waals surface area contributed by atoms with E-state index in [4.69, 9.17) is 0 Å². The molecular formula is C19H15F2N5O. The Hall–Kier alpha value is -3.55. The van der Waals surface area contributed by atoms with Crippen LogP contribution < -0.4 is 5.32 Å². The minimum absolute atomic E-state index is 0.116. The summed E-state index contributed by atoms with van der Waals surface area (Å²) in [5.74, 6) is -1.59. The summed E-state index contributed by atoms with van der Waals surface area (Å²) < 4.78 is 28.4. The lowest BCUT2D eigenvalue weighted by Gasteiger charge is -2.07. The van der Waals surface area contributed by atoms with Crippen LogP contribution in [0, 0.1) is 11.6 Å². The second-order valence-electron chi connectivity index (χ2n) is 6.11. The van der Waals surface area contributed by atoms with Gasteiger partial charge in [0.2, 0.25) is 5.91 Å². The summed E-state index contributed by atoms with van der Waals surface area (Å²) in [6, 6.07) is 11.2. The van der Waals surface area contributed by atoms with Crippen LogP contribution in [0.2, 0.25) is 0 Å². The highest BCUT2D eigenvalue weighted by molar-refractivity contribution is 5.92. The zero-order chi connectivity index (χ0) is 19.0. The van der Waals surface area contributed by atoms with Gasteiger partial charge in [-0.3, -0.25) is 4.79 Å². The van der Waals surface area contributed by atoms with E-state index >= 15 is 0 Å². The largest absolute Gasteiger partial charge is 0.338 e. The minimum atomic E-state index is -0.883. The molecule has 0 unspecified atom stereocenters. The van der Waals surface area contributed by atoms with E-state index in [1.807, 2.05) is 24.3 Å². The smallest absolute Gasteiger partial charge is 0.245 e. The Kier molecular flexibility index (Phi) is 4.15. The molecule has 0 bridgehead atoms. The summed E-state index contributed by atoms with van der Waals surface area (Å²) in [4.78, 5) is 13.6. The fraction of sp³-hybridized carbons (Fsp3) is 0.105. The number of nitrogens with zero attached hydrogens (tertiary/aromatic N) is 4. The molecule has 136 valence electrons. The van der Waals surface area contributed by atoms with Crippen LogP contribution in [-0.2, 0) is 18.4 Å². The maximum absolute atomic E-state index is 13.5. The number of carbonyl (C=O) groups is 1. The van der Waals surface area contributed by atoms with Crippen LogP contribution in [0.1, 0.15) is 0 Å². The van der Waals surface area contributed by atoms with Crippen molar-refractivity contribution >= 4 is 22.6 Å². The van der Waals surface area contributed by atoms with Crippen LogP contribution in [0.15, 0.2) is 54.9 Å². The Morgan fingerprint density at radius 3 is 2.59 bits per heavy atom. The van der Waals surface area contributed by atoms with Crippen molar-refractivity contribution in [1.82, 2.24) is 19.6 Å². The molecule has 0 spiro atoms. The molecule has 0 fully saturated rings. The van der Waals surface area contributed by atoms with Gasteiger partial charge in [-0.15, -0.1) is 5.10 Å². The summed E-state index contributed by atoms with van der Waals surface area (Å²) in [5.41, 5.74) is 2.21. The maximum Gasteiger partial charge on any atom is 0.245 e. The molecule has 2 heterocycles. The number of nitrogens with one attached hydrogen (secondary N) is 1. The van der Waals surface area contributed by atoms with Crippen LogP contribution in [-0.4, -0.2) is 25.5 Å². The minimum Gasteiger partial charge on any atom is -0.338 e. The Morgan fingerprint density at radius 1 is 1.07 bits per heavy atom. The highest BCUT2D eigenvalue weighted by Crippen LogP contribution is 2.26. The third kappa shape index (κ3) is 3.41. The van der Waals surface area contributed by atoms with Crippen molar-refractivity contribution in [2.24, 2.45) is 7.05 Å². The molecule has 8 heteroatoms. The van der Waals surface area contributed by atoms with Crippen molar-refractivity contribution in [1.29, 1.82) is 0 Å². The Labute approximate surface area is 153 Å². The Bertz CT molecular complexity index is 1150. The molecule has 0 aliphatic carbocycles. The van der Waals surface area contributed by atoms with Crippen molar-refractivity contribution in [3.05, 3.63) is 66.5 Å². The molecule has 0 saturated carbocycles. The molecule has 4 aromatic rings. The first-order chi connectivity index (χ1) is 13.0. The number of fused-ring (bicyclic) bond motifs is 1. The molecule has 27 heavy (non-hydrogen) atoms. The normalized spacial score (nSPS) is 11.1. The lowest BCUT2D eigenvalue weighted by Crippen LogP contribution is -2.18. The van der Waals surface area contributed by atoms with Gasteiger partial charge in [-0.1, -0.05) is 12.1 Å². The van der Waals surface area contributed by atoms with E-state index in [1.165, 1.54) is 23.1 Å². The van der Waals surface area contributed by atoms with Gasteiger partial charge >= 0.3 is 0 Å². The molecule has 4 rings (SSSR count). The van der Waals surface area contributed by atoms with Gasteiger partial charge in [-0.25, -0.2) is 8.78 Å². The zero-order valence-electron chi connectivity index (χ0n) is 14.4. The number of anilines is 1. The number of amides is 1. The molecule has 1 amide bonds. The maximum atomic E-state index is 13.5. The number of aryl methyl sites for hydroxylation is 1. The van der Waals surface area contributed by atoms with Crippen LogP contribution in [0.3, 0.4) is 0 Å². The van der Waals surface area contributed by atoms with Gasteiger partial charge in [0.15, 0.2) is 17.5 Å². The van der Waals surface area contributed by atoms with Crippen molar-refractivity contribution in [2.75, 3.05) is 5.32 Å². The number of hydrogen-bond acceptors (Lipinski definition) is 3. The highest BCUT2D eigenvalue weighted by atomic mass is 19.2. The summed E-state index contributed by atoms with van der Waals surface area (Å²) in [6.45, 7) is 0.116. The van der Waals surface area contributed by atoms with E-state index in [0.29, 0.717) is 11.4 Å². The molecule has 0 saturated heterocycles. The van der Waals surface area contributed by atoms with Crippen LogP contribution in [0.25, 0.3) is 22.0 Å². The van der Waals surface area contributed by atoms with Crippen molar-refractivity contribution in [3.63, 3.8) is 0 Å². The summed E-state index contributed by atoms with van der Waals surface area (Å²) >= 11 is 0. The third-order valence-electron chi connectivity index (χ3n) is 4.20. The second-order valence-corrected chi connectivity index (χ2v) is 6.11. The molecule has 0 atom stereocenters. The molecule has 0 aliphatic heterocycles. The predicted octanol–water partition coefficient (Wildman–Crippen LogP) is 3.35. The molecule has 0 aliphatic rings. The van der Waals surface area contributed by atoms with Crippen LogP contribution in [0.4, 0.5) is 14.6 Å². The van der Waals surface area contributed by atoms with Crippen LogP contribution in [0.5, 0.6) is 0 Å². The second kappa shape index (κ2) is 6.64. The van der Waals surface area contributed by atoms with Crippen molar-refractivity contribution < 1.29 is 13.6 Å². The fourth-order valence-electron chi connectivity index (χ4n) is 2.93. The molecule has 6 nitrogen and oxygen atoms in total. The number of benzene rings is 2. The molecule has 2 aromatic carbocycles. The summed E-state index contributed by atoms with van der Waals surface area (Å²) in [7, 11) is 1.67. The number of aromatic nitrogens is 4. The summed E-state index contributed by atoms with van der Waals surface area (Å²) in [5, 5.41) is 11.5. The van der Waals surface area contributed by atoms with Gasteiger partial charge in [0.1, 0.15) is 6.54 Å². The third-order valence-corrected chi connectivity index (χ3v) is 4.20. The van der Waals surface area contributed by atoms with Gasteiger partial charge in [0.25, 0.3) is 0 Å². The van der Waals surface area contributed by atoms with E-state index in [9.17, 15) is 13.6 Å². The quantitative estimate of drug-likeness (QED) is 0.602. The topological polar surface area (TPSA) is 64.7 Å². The lowest BCUT2D eigenvalue weighted by molar-refractivity contribution is -0.116. The van der Waals surface area contributed by atoms with E-state index in [1.54, 1.807) is 17.8 Å². The fourth-order valence-corrected chi connectivity index (χ4v) is 2.93. The van der Waals surface area contributed by atoms with E-state index in [0.717, 1.165) is 22.5 Å². The molecular weight excluding hydrogens is 352 g/mol. The standard InChI is InChI=1S/C19H15F2N5O/c1-25-22-10-18(24-25)23-19(27)11-26-7-6-14-8-12(3-5-17(14)26)13-2-4-15(20)16(21)9-13/h2-10H,11H2,1H3,(H,23,24,27). The van der Waals surface area contributed by atoms with Gasteiger partial charge < -0.3 is 9.88 Å². The first-order valence-electron chi connectivity index (χ1n) is 8.20. The van der Waals surface area contributed by atoms with E-state index in [-0.39, 0.29) is 12.5 Å². The Balaban J connectivity index is 1.57. The molecule has 0 radical (unpaired) electrons. The number of hydrogen-bond donors (Lipinski definition) is 1. The highest BCUT2D eigenvalue weighted by Gasteiger charge is 2.10. The van der Waals surface area contributed by atoms with Crippen molar-refractivity contribution in [2.45, 2.75) is 6.54 Å². The zero-order valence-corrected chi connectivity index (χ0v) is 14.4. The van der Waals surface area contributed by atoms with Gasteiger partial charge in [0.05, 0.1) is 6.20 Å². The van der Waals surface area contributed by atoms with Gasteiger partial charge in [-0.05, 0) is 41.5 Å². The van der Waals surface area contributed by atoms with Crippen LogP contribution >= 0.6 is 0 Å². The van der Waals surface area contributed by atoms with E-state index < -0.39 is 11.6 Å².